The quantitative estimate of drug-likeness (QED) is 0.888. The average Bonchev–Trinajstić information content (AvgIpc) is 2.32. The third kappa shape index (κ3) is 2.71. The van der Waals surface area contributed by atoms with Crippen molar-refractivity contribution in [3.63, 3.8) is 0 Å². The van der Waals surface area contributed by atoms with E-state index in [0.29, 0.717) is 12.1 Å². The molecule has 2 atom stereocenters. The molecule has 2 unspecified atom stereocenters. The Morgan fingerprint density at radius 2 is 2.06 bits per heavy atom. The lowest BCUT2D eigenvalue weighted by Crippen LogP contribution is -2.52. The Bertz CT molecular complexity index is 417. The van der Waals surface area contributed by atoms with Crippen molar-refractivity contribution in [1.82, 2.24) is 4.90 Å². The Morgan fingerprint density at radius 1 is 1.39 bits per heavy atom. The summed E-state index contributed by atoms with van der Waals surface area (Å²) in [5.41, 5.74) is 7.58. The first-order chi connectivity index (χ1) is 8.42. The number of rotatable bonds is 2. The van der Waals surface area contributed by atoms with Gasteiger partial charge < -0.3 is 5.73 Å². The molecule has 1 fully saturated rings. The standard InChI is InChI=1S/C15H23ClN2/c1-11(12-6-4-5-7-13(12)16)18-9-8-14(17)15(2,3)10-18/h4-7,11,14H,8-10,17H2,1-3H3. The minimum Gasteiger partial charge on any atom is -0.327 e. The number of piperidine rings is 1. The summed E-state index contributed by atoms with van der Waals surface area (Å²) in [5.74, 6) is 0. The number of hydrogen-bond donors (Lipinski definition) is 1. The largest absolute Gasteiger partial charge is 0.327 e. The first kappa shape index (κ1) is 13.9. The Labute approximate surface area is 115 Å². The third-order valence-corrected chi connectivity index (χ3v) is 4.59. The molecule has 1 aliphatic rings. The van der Waals surface area contributed by atoms with Gasteiger partial charge in [0, 0.05) is 30.2 Å². The van der Waals surface area contributed by atoms with E-state index in [2.05, 4.69) is 37.8 Å². The molecular formula is C15H23ClN2. The number of benzene rings is 1. The van der Waals surface area contributed by atoms with Crippen LogP contribution in [0.15, 0.2) is 24.3 Å². The van der Waals surface area contributed by atoms with E-state index in [1.807, 2.05) is 12.1 Å². The Hall–Kier alpha value is -0.570. The van der Waals surface area contributed by atoms with Crippen LogP contribution in [0.25, 0.3) is 0 Å². The van der Waals surface area contributed by atoms with Crippen LogP contribution in [0.2, 0.25) is 5.02 Å². The molecule has 1 aromatic carbocycles. The molecular weight excluding hydrogens is 244 g/mol. The van der Waals surface area contributed by atoms with Crippen LogP contribution in [0.1, 0.15) is 38.8 Å². The molecule has 1 aliphatic heterocycles. The normalized spacial score (nSPS) is 25.9. The van der Waals surface area contributed by atoms with Gasteiger partial charge in [0.15, 0.2) is 0 Å². The monoisotopic (exact) mass is 266 g/mol. The lowest BCUT2D eigenvalue weighted by Gasteiger charge is -2.45. The number of nitrogens with two attached hydrogens (primary N) is 1. The number of likely N-dealkylation sites (tertiary alicyclic amines) is 1. The van der Waals surface area contributed by atoms with Gasteiger partial charge in [0.1, 0.15) is 0 Å². The van der Waals surface area contributed by atoms with Gasteiger partial charge in [0.25, 0.3) is 0 Å². The molecule has 1 heterocycles. The van der Waals surface area contributed by atoms with Crippen LogP contribution in [0, 0.1) is 5.41 Å². The maximum Gasteiger partial charge on any atom is 0.0453 e. The van der Waals surface area contributed by atoms with Crippen LogP contribution in [0.5, 0.6) is 0 Å². The smallest absolute Gasteiger partial charge is 0.0453 e. The molecule has 0 aliphatic carbocycles. The van der Waals surface area contributed by atoms with Gasteiger partial charge in [-0.25, -0.2) is 0 Å². The zero-order valence-corrected chi connectivity index (χ0v) is 12.2. The van der Waals surface area contributed by atoms with E-state index >= 15 is 0 Å². The van der Waals surface area contributed by atoms with Crippen LogP contribution >= 0.6 is 11.6 Å². The summed E-state index contributed by atoms with van der Waals surface area (Å²) >= 11 is 6.29. The lowest BCUT2D eigenvalue weighted by molar-refractivity contribution is 0.0664. The average molecular weight is 267 g/mol. The highest BCUT2D eigenvalue weighted by atomic mass is 35.5. The van der Waals surface area contributed by atoms with E-state index in [1.165, 1.54) is 5.56 Å². The summed E-state index contributed by atoms with van der Waals surface area (Å²) in [7, 11) is 0. The zero-order chi connectivity index (χ0) is 13.3. The number of halogens is 1. The molecule has 0 radical (unpaired) electrons. The van der Waals surface area contributed by atoms with Crippen LogP contribution in [0.4, 0.5) is 0 Å². The molecule has 0 amide bonds. The first-order valence-corrected chi connectivity index (χ1v) is 7.03. The maximum absolute atomic E-state index is 6.29. The summed E-state index contributed by atoms with van der Waals surface area (Å²) in [6, 6.07) is 8.77. The molecule has 1 aromatic rings. The first-order valence-electron chi connectivity index (χ1n) is 6.66. The van der Waals surface area contributed by atoms with E-state index in [0.717, 1.165) is 24.5 Å². The molecule has 2 nitrogen and oxygen atoms in total. The van der Waals surface area contributed by atoms with E-state index in [-0.39, 0.29) is 5.41 Å². The van der Waals surface area contributed by atoms with E-state index in [9.17, 15) is 0 Å². The summed E-state index contributed by atoms with van der Waals surface area (Å²) < 4.78 is 0. The molecule has 0 bridgehead atoms. The predicted octanol–water partition coefficient (Wildman–Crippen LogP) is 3.46. The van der Waals surface area contributed by atoms with E-state index < -0.39 is 0 Å². The summed E-state index contributed by atoms with van der Waals surface area (Å²) in [5, 5.41) is 0.859. The Balaban J connectivity index is 2.16. The van der Waals surface area contributed by atoms with Gasteiger partial charge in [-0.05, 0) is 30.4 Å². The second-order valence-electron chi connectivity index (χ2n) is 6.05. The van der Waals surface area contributed by atoms with Gasteiger partial charge >= 0.3 is 0 Å². The molecule has 18 heavy (non-hydrogen) atoms. The fourth-order valence-electron chi connectivity index (χ4n) is 2.76. The minimum atomic E-state index is 0.174. The van der Waals surface area contributed by atoms with Gasteiger partial charge in [-0.1, -0.05) is 43.6 Å². The highest BCUT2D eigenvalue weighted by Gasteiger charge is 2.35. The second-order valence-corrected chi connectivity index (χ2v) is 6.46. The predicted molar refractivity (Wildman–Crippen MR) is 77.8 cm³/mol. The van der Waals surface area contributed by atoms with E-state index in [4.69, 9.17) is 17.3 Å². The van der Waals surface area contributed by atoms with Crippen LogP contribution < -0.4 is 5.73 Å². The summed E-state index contributed by atoms with van der Waals surface area (Å²) in [6.07, 6.45) is 1.06. The van der Waals surface area contributed by atoms with Gasteiger partial charge in [-0.2, -0.15) is 0 Å². The maximum atomic E-state index is 6.29. The van der Waals surface area contributed by atoms with Crippen LogP contribution in [0.3, 0.4) is 0 Å². The van der Waals surface area contributed by atoms with Crippen molar-refractivity contribution >= 4 is 11.6 Å². The molecule has 3 heteroatoms. The third-order valence-electron chi connectivity index (χ3n) is 4.24. The summed E-state index contributed by atoms with van der Waals surface area (Å²) in [6.45, 7) is 8.82. The van der Waals surface area contributed by atoms with Crippen LogP contribution in [-0.4, -0.2) is 24.0 Å². The van der Waals surface area contributed by atoms with Crippen molar-refractivity contribution < 1.29 is 0 Å². The van der Waals surface area contributed by atoms with Gasteiger partial charge in [-0.3, -0.25) is 4.90 Å². The minimum absolute atomic E-state index is 0.174. The fourth-order valence-corrected chi connectivity index (χ4v) is 3.05. The second kappa shape index (κ2) is 5.20. The van der Waals surface area contributed by atoms with E-state index in [1.54, 1.807) is 0 Å². The SMILES string of the molecule is CC(c1ccccc1Cl)N1CCC(N)C(C)(C)C1. The molecule has 0 saturated carbocycles. The Kier molecular flexibility index (Phi) is 4.00. The summed E-state index contributed by atoms with van der Waals surface area (Å²) in [4.78, 5) is 2.49. The van der Waals surface area contributed by atoms with Gasteiger partial charge in [0.2, 0.25) is 0 Å². The van der Waals surface area contributed by atoms with Crippen LogP contribution in [-0.2, 0) is 0 Å². The highest BCUT2D eigenvalue weighted by Crippen LogP contribution is 2.34. The lowest BCUT2D eigenvalue weighted by atomic mass is 9.79. The molecule has 100 valence electrons. The van der Waals surface area contributed by atoms with Gasteiger partial charge in [-0.15, -0.1) is 0 Å². The molecule has 1 saturated heterocycles. The zero-order valence-electron chi connectivity index (χ0n) is 11.5. The van der Waals surface area contributed by atoms with Crippen molar-refractivity contribution in [2.24, 2.45) is 11.1 Å². The van der Waals surface area contributed by atoms with Crippen molar-refractivity contribution in [1.29, 1.82) is 0 Å². The highest BCUT2D eigenvalue weighted by molar-refractivity contribution is 6.31. The molecule has 0 aromatic heterocycles. The molecule has 0 spiro atoms. The Morgan fingerprint density at radius 3 is 2.67 bits per heavy atom. The van der Waals surface area contributed by atoms with Gasteiger partial charge in [0.05, 0.1) is 0 Å². The molecule has 2 rings (SSSR count). The van der Waals surface area contributed by atoms with Crippen molar-refractivity contribution in [3.8, 4) is 0 Å². The fraction of sp³-hybridized carbons (Fsp3) is 0.600. The van der Waals surface area contributed by atoms with Crippen molar-refractivity contribution in [3.05, 3.63) is 34.9 Å². The number of nitrogens with zero attached hydrogens (tertiary/aromatic N) is 1. The van der Waals surface area contributed by atoms with Crippen molar-refractivity contribution in [2.75, 3.05) is 13.1 Å². The topological polar surface area (TPSA) is 29.3 Å². The van der Waals surface area contributed by atoms with Crippen molar-refractivity contribution in [2.45, 2.75) is 39.3 Å². The molecule has 2 N–H and O–H groups in total. The number of hydrogen-bond acceptors (Lipinski definition) is 2.